The van der Waals surface area contributed by atoms with Gasteiger partial charge < -0.3 is 10.1 Å². The minimum absolute atomic E-state index is 0.292. The summed E-state index contributed by atoms with van der Waals surface area (Å²) in [6.07, 6.45) is 7.81. The highest BCUT2D eigenvalue weighted by atomic mass is 16.5. The molecule has 0 amide bonds. The molecule has 0 aromatic heterocycles. The van der Waals surface area contributed by atoms with Gasteiger partial charge in [-0.3, -0.25) is 0 Å². The molecule has 2 nitrogen and oxygen atoms in total. The molecule has 0 bridgehead atoms. The minimum Gasteiger partial charge on any atom is -0.385 e. The summed E-state index contributed by atoms with van der Waals surface area (Å²) in [6, 6.07) is 8.79. The van der Waals surface area contributed by atoms with Crippen LogP contribution in [0.15, 0.2) is 24.3 Å². The second kappa shape index (κ2) is 4.52. The van der Waals surface area contributed by atoms with Gasteiger partial charge in [0.2, 0.25) is 0 Å². The fourth-order valence-corrected chi connectivity index (χ4v) is 4.19. The molecule has 2 heterocycles. The molecule has 2 heteroatoms. The maximum Gasteiger partial charge on any atom is 0.0685 e. The Hall–Kier alpha value is -1.02. The number of benzene rings is 1. The first-order valence-corrected chi connectivity index (χ1v) is 7.80. The van der Waals surface area contributed by atoms with Crippen molar-refractivity contribution in [2.24, 2.45) is 11.8 Å². The van der Waals surface area contributed by atoms with Crippen molar-refractivity contribution in [1.29, 1.82) is 0 Å². The highest BCUT2D eigenvalue weighted by molar-refractivity contribution is 5.53. The molecule has 2 aliphatic heterocycles. The minimum atomic E-state index is 0.292. The predicted molar refractivity (Wildman–Crippen MR) is 77.4 cm³/mol. The molecule has 2 atom stereocenters. The Balaban J connectivity index is 1.48. The van der Waals surface area contributed by atoms with Gasteiger partial charge in [-0.25, -0.2) is 0 Å². The lowest BCUT2D eigenvalue weighted by atomic mass is 9.68. The van der Waals surface area contributed by atoms with Gasteiger partial charge in [-0.2, -0.15) is 0 Å². The fourth-order valence-electron chi connectivity index (χ4n) is 4.19. The van der Waals surface area contributed by atoms with E-state index in [0.717, 1.165) is 25.0 Å². The van der Waals surface area contributed by atoms with E-state index in [4.69, 9.17) is 4.74 Å². The molecular formula is C17H23NO. The number of fused-ring (bicyclic) bond motifs is 1. The molecule has 19 heavy (non-hydrogen) atoms. The highest BCUT2D eigenvalue weighted by Crippen LogP contribution is 2.47. The summed E-state index contributed by atoms with van der Waals surface area (Å²) in [6.45, 7) is 2.14. The first-order valence-electron chi connectivity index (χ1n) is 7.80. The summed E-state index contributed by atoms with van der Waals surface area (Å²) in [5.74, 6) is 1.66. The van der Waals surface area contributed by atoms with Crippen LogP contribution >= 0.6 is 0 Å². The summed E-state index contributed by atoms with van der Waals surface area (Å²) in [4.78, 5) is 0. The number of para-hydroxylation sites is 1. The van der Waals surface area contributed by atoms with Crippen molar-refractivity contribution >= 4 is 5.69 Å². The summed E-state index contributed by atoms with van der Waals surface area (Å²) in [7, 11) is 0. The third kappa shape index (κ3) is 2.06. The Morgan fingerprint density at radius 1 is 1.16 bits per heavy atom. The second-order valence-corrected chi connectivity index (χ2v) is 6.64. The van der Waals surface area contributed by atoms with E-state index in [1.807, 2.05) is 0 Å². The van der Waals surface area contributed by atoms with E-state index in [9.17, 15) is 0 Å². The second-order valence-electron chi connectivity index (χ2n) is 6.64. The van der Waals surface area contributed by atoms with Crippen molar-refractivity contribution in [3.8, 4) is 0 Å². The number of ether oxygens (including phenoxy) is 1. The lowest BCUT2D eigenvalue weighted by Gasteiger charge is -2.49. The zero-order chi connectivity index (χ0) is 12.7. The van der Waals surface area contributed by atoms with Crippen LogP contribution in [-0.4, -0.2) is 18.8 Å². The lowest BCUT2D eigenvalue weighted by Crippen LogP contribution is -2.48. The summed E-state index contributed by atoms with van der Waals surface area (Å²) in [5.41, 5.74) is 3.15. The molecule has 3 aliphatic rings. The number of rotatable bonds is 1. The van der Waals surface area contributed by atoms with E-state index in [0.29, 0.717) is 5.60 Å². The van der Waals surface area contributed by atoms with Crippen LogP contribution in [0.25, 0.3) is 0 Å². The van der Waals surface area contributed by atoms with Gasteiger partial charge in [0.1, 0.15) is 0 Å². The van der Waals surface area contributed by atoms with E-state index in [2.05, 4.69) is 29.6 Å². The maximum atomic E-state index is 6.07. The van der Waals surface area contributed by atoms with Crippen LogP contribution in [0.2, 0.25) is 0 Å². The fraction of sp³-hybridized carbons (Fsp3) is 0.647. The third-order valence-corrected chi connectivity index (χ3v) is 5.52. The van der Waals surface area contributed by atoms with Crippen LogP contribution in [0.1, 0.15) is 37.7 Å². The topological polar surface area (TPSA) is 21.3 Å². The molecule has 1 N–H and O–H groups in total. The molecule has 102 valence electrons. The highest BCUT2D eigenvalue weighted by Gasteiger charge is 2.44. The molecule has 1 saturated carbocycles. The van der Waals surface area contributed by atoms with Crippen LogP contribution in [0, 0.1) is 11.8 Å². The number of hydrogen-bond acceptors (Lipinski definition) is 2. The SMILES string of the molecule is c1ccc2c(c1)CC(C1CCOC3(CCC3)C1)CN2. The van der Waals surface area contributed by atoms with Gasteiger partial charge >= 0.3 is 0 Å². The zero-order valence-electron chi connectivity index (χ0n) is 11.5. The van der Waals surface area contributed by atoms with Crippen molar-refractivity contribution in [1.82, 2.24) is 0 Å². The molecule has 1 spiro atoms. The van der Waals surface area contributed by atoms with E-state index in [1.54, 1.807) is 0 Å². The number of hydrogen-bond donors (Lipinski definition) is 1. The predicted octanol–water partition coefficient (Wildman–Crippen LogP) is 3.62. The average molecular weight is 257 g/mol. The number of nitrogens with one attached hydrogen (secondary N) is 1. The molecule has 1 aliphatic carbocycles. The standard InChI is InChI=1S/C17H23NO/c1-2-5-16-13(4-1)10-15(12-18-16)14-6-9-19-17(11-14)7-3-8-17/h1-2,4-5,14-15,18H,3,6-12H2. The normalized spacial score (nSPS) is 32.2. The van der Waals surface area contributed by atoms with E-state index >= 15 is 0 Å². The Labute approximate surface area is 115 Å². The van der Waals surface area contributed by atoms with E-state index in [-0.39, 0.29) is 0 Å². The third-order valence-electron chi connectivity index (χ3n) is 5.52. The Kier molecular flexibility index (Phi) is 2.80. The van der Waals surface area contributed by atoms with E-state index < -0.39 is 0 Å². The largest absolute Gasteiger partial charge is 0.385 e. The molecule has 1 aromatic carbocycles. The van der Waals surface area contributed by atoms with Gasteiger partial charge in [0.05, 0.1) is 5.60 Å². The van der Waals surface area contributed by atoms with Crippen molar-refractivity contribution in [2.75, 3.05) is 18.5 Å². The molecule has 1 saturated heterocycles. The van der Waals surface area contributed by atoms with Gasteiger partial charge in [0.15, 0.2) is 0 Å². The van der Waals surface area contributed by atoms with Crippen molar-refractivity contribution in [3.63, 3.8) is 0 Å². The van der Waals surface area contributed by atoms with Crippen LogP contribution in [-0.2, 0) is 11.2 Å². The Bertz CT molecular complexity index is 466. The Morgan fingerprint density at radius 3 is 2.89 bits per heavy atom. The smallest absolute Gasteiger partial charge is 0.0685 e. The molecule has 4 rings (SSSR count). The summed E-state index contributed by atoms with van der Waals surface area (Å²) in [5, 5.41) is 3.63. The quantitative estimate of drug-likeness (QED) is 0.829. The van der Waals surface area contributed by atoms with Crippen molar-refractivity contribution in [3.05, 3.63) is 29.8 Å². The van der Waals surface area contributed by atoms with Crippen LogP contribution < -0.4 is 5.32 Å². The molecule has 1 aromatic rings. The van der Waals surface area contributed by atoms with Crippen molar-refractivity contribution < 1.29 is 4.74 Å². The molecule has 0 radical (unpaired) electrons. The van der Waals surface area contributed by atoms with Gasteiger partial charge in [-0.1, -0.05) is 18.2 Å². The van der Waals surface area contributed by atoms with Gasteiger partial charge in [0.25, 0.3) is 0 Å². The van der Waals surface area contributed by atoms with Crippen molar-refractivity contribution in [2.45, 2.75) is 44.1 Å². The van der Waals surface area contributed by atoms with Gasteiger partial charge in [-0.15, -0.1) is 0 Å². The monoisotopic (exact) mass is 257 g/mol. The van der Waals surface area contributed by atoms with Gasteiger partial charge in [0, 0.05) is 18.8 Å². The van der Waals surface area contributed by atoms with E-state index in [1.165, 1.54) is 49.8 Å². The molecule has 2 fully saturated rings. The van der Waals surface area contributed by atoms with Gasteiger partial charge in [-0.05, 0) is 62.0 Å². The Morgan fingerprint density at radius 2 is 2.05 bits per heavy atom. The van der Waals surface area contributed by atoms with Crippen LogP contribution in [0.5, 0.6) is 0 Å². The van der Waals surface area contributed by atoms with Crippen LogP contribution in [0.3, 0.4) is 0 Å². The first kappa shape index (κ1) is 11.8. The lowest BCUT2D eigenvalue weighted by molar-refractivity contribution is -0.149. The zero-order valence-corrected chi connectivity index (χ0v) is 11.5. The summed E-state index contributed by atoms with van der Waals surface area (Å²) < 4.78 is 6.07. The summed E-state index contributed by atoms with van der Waals surface area (Å²) >= 11 is 0. The molecule has 2 unspecified atom stereocenters. The van der Waals surface area contributed by atoms with Crippen LogP contribution in [0.4, 0.5) is 5.69 Å². The number of anilines is 1. The first-order chi connectivity index (χ1) is 9.35. The average Bonchev–Trinajstić information content (AvgIpc) is 2.45. The molecular weight excluding hydrogens is 234 g/mol. The maximum absolute atomic E-state index is 6.07.